The first-order chi connectivity index (χ1) is 17.0. The van der Waals surface area contributed by atoms with Gasteiger partial charge in [0.15, 0.2) is 5.65 Å². The molecule has 0 unspecified atom stereocenters. The molecule has 2 aromatic rings. The second-order valence-corrected chi connectivity index (χ2v) is 11.4. The molecule has 36 heavy (non-hydrogen) atoms. The van der Waals surface area contributed by atoms with Crippen LogP contribution in [0.15, 0.2) is 18.5 Å². The van der Waals surface area contributed by atoms with Gasteiger partial charge in [-0.1, -0.05) is 13.8 Å². The molecule has 9 nitrogen and oxygen atoms in total. The lowest BCUT2D eigenvalue weighted by atomic mass is 10.0. The van der Waals surface area contributed by atoms with Crippen LogP contribution in [-0.4, -0.2) is 88.1 Å². The summed E-state index contributed by atoms with van der Waals surface area (Å²) in [7, 11) is 0. The molecule has 2 aliphatic heterocycles. The molecule has 2 fully saturated rings. The average Bonchev–Trinajstić information content (AvgIpc) is 3.24. The van der Waals surface area contributed by atoms with Crippen molar-refractivity contribution in [2.24, 2.45) is 0 Å². The van der Waals surface area contributed by atoms with Crippen LogP contribution in [0.5, 0.6) is 0 Å². The fraction of sp³-hybridized carbons (Fsp3) is 0.667. The van der Waals surface area contributed by atoms with E-state index in [0.29, 0.717) is 37.4 Å². The molecule has 198 valence electrons. The molecular weight excluding hydrogens is 456 g/mol. The van der Waals surface area contributed by atoms with Crippen LogP contribution in [0, 0.1) is 5.41 Å². The summed E-state index contributed by atoms with van der Waals surface area (Å²) in [4.78, 5) is 21.4. The van der Waals surface area contributed by atoms with Crippen molar-refractivity contribution in [1.29, 1.82) is 5.41 Å². The first-order valence-electron chi connectivity index (χ1n) is 13.1. The minimum absolute atomic E-state index is 0.00187. The Balaban J connectivity index is 1.34. The van der Waals surface area contributed by atoms with E-state index in [9.17, 15) is 4.79 Å². The first-order valence-corrected chi connectivity index (χ1v) is 13.1. The molecule has 4 rings (SSSR count). The lowest BCUT2D eigenvalue weighted by Crippen LogP contribution is -2.52. The molecule has 2 saturated heterocycles. The number of carbonyl (C=O) groups excluding carboxylic acids is 1. The number of imidazole rings is 1. The van der Waals surface area contributed by atoms with Crippen molar-refractivity contribution in [3.05, 3.63) is 29.7 Å². The SMILES string of the molecule is CC(=N)c1cc(NC2CCN(C[C@@H]3CN(C(=O)OC(C)(C)C)CCO3)CC2)c2ncc(C(C)C)n2c1. The number of pyridine rings is 1. The molecule has 0 aliphatic carbocycles. The third kappa shape index (κ3) is 6.37. The second-order valence-electron chi connectivity index (χ2n) is 11.4. The molecule has 0 saturated carbocycles. The monoisotopic (exact) mass is 498 g/mol. The molecule has 0 bridgehead atoms. The van der Waals surface area contributed by atoms with Gasteiger partial charge in [-0.05, 0) is 52.5 Å². The maximum Gasteiger partial charge on any atom is 0.410 e. The summed E-state index contributed by atoms with van der Waals surface area (Å²) < 4.78 is 13.7. The summed E-state index contributed by atoms with van der Waals surface area (Å²) >= 11 is 0. The summed E-state index contributed by atoms with van der Waals surface area (Å²) in [6.07, 6.45) is 5.75. The number of likely N-dealkylation sites (tertiary alicyclic amines) is 1. The van der Waals surface area contributed by atoms with E-state index in [4.69, 9.17) is 19.9 Å². The lowest BCUT2D eigenvalue weighted by Gasteiger charge is -2.38. The zero-order chi connectivity index (χ0) is 26.0. The highest BCUT2D eigenvalue weighted by atomic mass is 16.6. The number of carbonyl (C=O) groups is 1. The Bertz CT molecular complexity index is 1080. The zero-order valence-corrected chi connectivity index (χ0v) is 22.6. The number of rotatable bonds is 6. The van der Waals surface area contributed by atoms with Gasteiger partial charge in [-0.15, -0.1) is 0 Å². The number of nitrogens with zero attached hydrogens (tertiary/aromatic N) is 4. The number of aromatic nitrogens is 2. The number of nitrogens with one attached hydrogen (secondary N) is 2. The van der Waals surface area contributed by atoms with Crippen LogP contribution in [0.3, 0.4) is 0 Å². The Morgan fingerprint density at radius 1 is 1.28 bits per heavy atom. The zero-order valence-electron chi connectivity index (χ0n) is 22.6. The molecule has 1 amide bonds. The van der Waals surface area contributed by atoms with Crippen LogP contribution < -0.4 is 5.32 Å². The number of ether oxygens (including phenoxy) is 2. The van der Waals surface area contributed by atoms with Gasteiger partial charge in [-0.3, -0.25) is 0 Å². The van der Waals surface area contributed by atoms with Crippen LogP contribution in [0.25, 0.3) is 5.65 Å². The van der Waals surface area contributed by atoms with Gasteiger partial charge < -0.3 is 34.4 Å². The number of morpholine rings is 1. The normalized spacial score (nSPS) is 20.2. The lowest BCUT2D eigenvalue weighted by molar-refractivity contribution is -0.0538. The summed E-state index contributed by atoms with van der Waals surface area (Å²) in [6, 6.07) is 2.40. The van der Waals surface area contributed by atoms with E-state index in [1.165, 1.54) is 0 Å². The van der Waals surface area contributed by atoms with Crippen LogP contribution in [0.4, 0.5) is 10.5 Å². The van der Waals surface area contributed by atoms with Crippen LogP contribution in [0.2, 0.25) is 0 Å². The molecule has 0 spiro atoms. The summed E-state index contributed by atoms with van der Waals surface area (Å²) in [6.45, 7) is 16.3. The Kier molecular flexibility index (Phi) is 7.90. The van der Waals surface area contributed by atoms with Crippen molar-refractivity contribution in [3.63, 3.8) is 0 Å². The summed E-state index contributed by atoms with van der Waals surface area (Å²) in [5.41, 5.74) is 4.03. The fourth-order valence-electron chi connectivity index (χ4n) is 4.93. The van der Waals surface area contributed by atoms with Gasteiger partial charge in [0.05, 0.1) is 24.9 Å². The number of anilines is 1. The summed E-state index contributed by atoms with van der Waals surface area (Å²) in [5.74, 6) is 0.352. The van der Waals surface area contributed by atoms with Gasteiger partial charge in [0.1, 0.15) is 5.60 Å². The van der Waals surface area contributed by atoms with Crippen molar-refractivity contribution in [2.75, 3.05) is 44.6 Å². The molecular formula is C27H42N6O3. The predicted molar refractivity (Wildman–Crippen MR) is 142 cm³/mol. The topological polar surface area (TPSA) is 95.2 Å². The van der Waals surface area contributed by atoms with Crippen LogP contribution >= 0.6 is 0 Å². The van der Waals surface area contributed by atoms with E-state index in [1.54, 1.807) is 4.90 Å². The van der Waals surface area contributed by atoms with Gasteiger partial charge in [0.2, 0.25) is 0 Å². The average molecular weight is 499 g/mol. The van der Waals surface area contributed by atoms with E-state index >= 15 is 0 Å². The highest BCUT2D eigenvalue weighted by molar-refractivity contribution is 5.97. The molecule has 1 atom stereocenters. The van der Waals surface area contributed by atoms with Crippen molar-refractivity contribution >= 4 is 23.1 Å². The molecule has 4 heterocycles. The molecule has 2 aliphatic rings. The molecule has 2 N–H and O–H groups in total. The smallest absolute Gasteiger partial charge is 0.410 e. The van der Waals surface area contributed by atoms with Crippen molar-refractivity contribution in [3.8, 4) is 0 Å². The van der Waals surface area contributed by atoms with Crippen molar-refractivity contribution < 1.29 is 14.3 Å². The highest BCUT2D eigenvalue weighted by Gasteiger charge is 2.30. The largest absolute Gasteiger partial charge is 0.444 e. The Morgan fingerprint density at radius 3 is 2.64 bits per heavy atom. The Morgan fingerprint density at radius 2 is 2.00 bits per heavy atom. The Labute approximate surface area is 214 Å². The fourth-order valence-corrected chi connectivity index (χ4v) is 4.93. The van der Waals surface area contributed by atoms with Gasteiger partial charge in [0, 0.05) is 61.6 Å². The first kappa shape index (κ1) is 26.4. The van der Waals surface area contributed by atoms with E-state index < -0.39 is 5.60 Å². The maximum atomic E-state index is 12.5. The van der Waals surface area contributed by atoms with E-state index in [-0.39, 0.29) is 12.2 Å². The van der Waals surface area contributed by atoms with Gasteiger partial charge >= 0.3 is 6.09 Å². The minimum Gasteiger partial charge on any atom is -0.444 e. The number of piperidine rings is 1. The van der Waals surface area contributed by atoms with Crippen molar-refractivity contribution in [1.82, 2.24) is 19.2 Å². The number of hydrogen-bond acceptors (Lipinski definition) is 7. The van der Waals surface area contributed by atoms with E-state index in [1.807, 2.05) is 40.1 Å². The van der Waals surface area contributed by atoms with Crippen molar-refractivity contribution in [2.45, 2.75) is 78.0 Å². The highest BCUT2D eigenvalue weighted by Crippen LogP contribution is 2.26. The number of amides is 1. The standard InChI is InChI=1S/C27H42N6O3/c1-18(2)24-14-29-25-23(13-20(19(3)28)15-33(24)25)30-21-7-9-31(10-8-21)16-22-17-32(11-12-35-22)26(34)36-27(4,5)6/h13-15,18,21-22,28,30H,7-12,16-17H2,1-6H3/t22-/m1/s1. The quantitative estimate of drug-likeness (QED) is 0.575. The molecule has 0 radical (unpaired) electrons. The van der Waals surface area contributed by atoms with Crippen LogP contribution in [0.1, 0.15) is 71.6 Å². The summed E-state index contributed by atoms with van der Waals surface area (Å²) in [5, 5.41) is 11.9. The van der Waals surface area contributed by atoms with Gasteiger partial charge in [0.25, 0.3) is 0 Å². The van der Waals surface area contributed by atoms with E-state index in [0.717, 1.165) is 55.1 Å². The van der Waals surface area contributed by atoms with Gasteiger partial charge in [-0.2, -0.15) is 0 Å². The van der Waals surface area contributed by atoms with Crippen LogP contribution in [-0.2, 0) is 9.47 Å². The third-order valence-electron chi connectivity index (χ3n) is 6.86. The number of hydrogen-bond donors (Lipinski definition) is 2. The molecule has 9 heteroatoms. The minimum atomic E-state index is -0.491. The second kappa shape index (κ2) is 10.8. The molecule has 2 aromatic heterocycles. The third-order valence-corrected chi connectivity index (χ3v) is 6.86. The Hall–Kier alpha value is -2.65. The maximum absolute atomic E-state index is 12.5. The predicted octanol–water partition coefficient (Wildman–Crippen LogP) is 4.36. The number of fused-ring (bicyclic) bond motifs is 1. The van der Waals surface area contributed by atoms with Gasteiger partial charge in [-0.25, -0.2) is 9.78 Å². The van der Waals surface area contributed by atoms with E-state index in [2.05, 4.69) is 34.5 Å². The molecule has 0 aromatic carbocycles.